The summed E-state index contributed by atoms with van der Waals surface area (Å²) in [6, 6.07) is 7.29. The maximum Gasteiger partial charge on any atom is 0.251 e. The van der Waals surface area contributed by atoms with Crippen LogP contribution in [0.5, 0.6) is 5.75 Å². The van der Waals surface area contributed by atoms with Gasteiger partial charge < -0.3 is 10.1 Å². The molecule has 20 heavy (non-hydrogen) atoms. The molecule has 1 aromatic rings. The molecule has 0 heterocycles. The predicted octanol–water partition coefficient (Wildman–Crippen LogP) is 4.18. The van der Waals surface area contributed by atoms with E-state index < -0.39 is 0 Å². The molecular weight excluding hydrogens is 250 g/mol. The number of rotatable bonds is 10. The first-order chi connectivity index (χ1) is 9.77. The molecule has 0 aliphatic heterocycles. The van der Waals surface area contributed by atoms with Gasteiger partial charge in [-0.2, -0.15) is 0 Å². The molecule has 0 aromatic heterocycles. The minimum Gasteiger partial charge on any atom is -0.494 e. The summed E-state index contributed by atoms with van der Waals surface area (Å²) in [4.78, 5) is 11.9. The van der Waals surface area contributed by atoms with Gasteiger partial charge in [-0.15, -0.1) is 0 Å². The Bertz CT molecular complexity index is 373. The molecule has 0 aliphatic carbocycles. The van der Waals surface area contributed by atoms with Crippen molar-refractivity contribution in [3.63, 3.8) is 0 Å². The molecule has 0 radical (unpaired) electrons. The Balaban J connectivity index is 2.18. The smallest absolute Gasteiger partial charge is 0.251 e. The SMILES string of the molecule is CCCCCCCCNC(=O)c1ccc(OCC)cc1. The summed E-state index contributed by atoms with van der Waals surface area (Å²) in [5.74, 6) is 0.807. The van der Waals surface area contributed by atoms with Gasteiger partial charge in [-0.25, -0.2) is 0 Å². The molecule has 0 spiro atoms. The highest BCUT2D eigenvalue weighted by molar-refractivity contribution is 5.94. The zero-order chi connectivity index (χ0) is 14.6. The fourth-order valence-corrected chi connectivity index (χ4v) is 2.08. The van der Waals surface area contributed by atoms with Gasteiger partial charge >= 0.3 is 0 Å². The zero-order valence-corrected chi connectivity index (χ0v) is 12.8. The van der Waals surface area contributed by atoms with Gasteiger partial charge in [0.25, 0.3) is 5.91 Å². The quantitative estimate of drug-likeness (QED) is 0.652. The molecule has 0 unspecified atom stereocenters. The molecule has 0 aliphatic rings. The van der Waals surface area contributed by atoms with Crippen LogP contribution in [0, 0.1) is 0 Å². The predicted molar refractivity (Wildman–Crippen MR) is 83.3 cm³/mol. The molecule has 0 bridgehead atoms. The summed E-state index contributed by atoms with van der Waals surface area (Å²) in [6.45, 7) is 5.57. The monoisotopic (exact) mass is 277 g/mol. The van der Waals surface area contributed by atoms with Crippen LogP contribution in [-0.2, 0) is 0 Å². The fraction of sp³-hybridized carbons (Fsp3) is 0.588. The normalized spacial score (nSPS) is 10.3. The van der Waals surface area contributed by atoms with E-state index in [4.69, 9.17) is 4.74 Å². The average Bonchev–Trinajstić information content (AvgIpc) is 2.47. The first-order valence-corrected chi connectivity index (χ1v) is 7.79. The molecule has 1 rings (SSSR count). The van der Waals surface area contributed by atoms with Gasteiger partial charge in [-0.05, 0) is 37.6 Å². The van der Waals surface area contributed by atoms with E-state index in [-0.39, 0.29) is 5.91 Å². The standard InChI is InChI=1S/C17H27NO2/c1-3-5-6-7-8-9-14-18-17(19)15-10-12-16(13-11-15)20-4-2/h10-13H,3-9,14H2,1-2H3,(H,18,19). The Hall–Kier alpha value is -1.51. The minimum atomic E-state index is 0.00149. The number of amides is 1. The highest BCUT2D eigenvalue weighted by Crippen LogP contribution is 2.12. The van der Waals surface area contributed by atoms with Gasteiger partial charge in [0.05, 0.1) is 6.61 Å². The molecule has 3 nitrogen and oxygen atoms in total. The van der Waals surface area contributed by atoms with Crippen molar-refractivity contribution in [3.05, 3.63) is 29.8 Å². The molecule has 1 N–H and O–H groups in total. The lowest BCUT2D eigenvalue weighted by molar-refractivity contribution is 0.0953. The summed E-state index contributed by atoms with van der Waals surface area (Å²) in [5, 5.41) is 2.96. The van der Waals surface area contributed by atoms with Gasteiger partial charge in [0.15, 0.2) is 0 Å². The van der Waals surface area contributed by atoms with Gasteiger partial charge in [-0.3, -0.25) is 4.79 Å². The van der Waals surface area contributed by atoms with Crippen LogP contribution in [0.15, 0.2) is 24.3 Å². The van der Waals surface area contributed by atoms with Gasteiger partial charge in [0, 0.05) is 12.1 Å². The number of benzene rings is 1. The maximum atomic E-state index is 11.9. The maximum absolute atomic E-state index is 11.9. The second-order valence-corrected chi connectivity index (χ2v) is 4.98. The first kappa shape index (κ1) is 16.5. The fourth-order valence-electron chi connectivity index (χ4n) is 2.08. The first-order valence-electron chi connectivity index (χ1n) is 7.79. The summed E-state index contributed by atoms with van der Waals surface area (Å²) in [6.07, 6.45) is 7.43. The molecule has 1 aromatic carbocycles. The van der Waals surface area contributed by atoms with Crippen LogP contribution in [-0.4, -0.2) is 19.1 Å². The third-order valence-corrected chi connectivity index (χ3v) is 3.24. The van der Waals surface area contributed by atoms with Crippen molar-refractivity contribution in [1.82, 2.24) is 5.32 Å². The largest absolute Gasteiger partial charge is 0.494 e. The summed E-state index contributed by atoms with van der Waals surface area (Å²) >= 11 is 0. The van der Waals surface area contributed by atoms with Gasteiger partial charge in [-0.1, -0.05) is 39.0 Å². The number of ether oxygens (including phenoxy) is 1. The Morgan fingerprint density at radius 3 is 2.30 bits per heavy atom. The molecule has 0 atom stereocenters. The molecule has 0 fully saturated rings. The van der Waals surface area contributed by atoms with E-state index >= 15 is 0 Å². The molecule has 1 amide bonds. The molecular formula is C17H27NO2. The highest BCUT2D eigenvalue weighted by Gasteiger charge is 2.04. The molecule has 112 valence electrons. The van der Waals surface area contributed by atoms with Crippen molar-refractivity contribution in [2.45, 2.75) is 52.4 Å². The lowest BCUT2D eigenvalue weighted by atomic mass is 10.1. The number of unbranched alkanes of at least 4 members (excludes halogenated alkanes) is 5. The van der Waals surface area contributed by atoms with Crippen LogP contribution in [0.2, 0.25) is 0 Å². The van der Waals surface area contributed by atoms with E-state index in [1.165, 1.54) is 32.1 Å². The van der Waals surface area contributed by atoms with Crippen LogP contribution in [0.4, 0.5) is 0 Å². The third-order valence-electron chi connectivity index (χ3n) is 3.24. The Kier molecular flexibility index (Phi) is 8.52. The van der Waals surface area contributed by atoms with Crippen molar-refractivity contribution in [2.75, 3.05) is 13.2 Å². The number of hydrogen-bond acceptors (Lipinski definition) is 2. The van der Waals surface area contributed by atoms with Crippen molar-refractivity contribution in [1.29, 1.82) is 0 Å². The van der Waals surface area contributed by atoms with E-state index in [0.29, 0.717) is 12.2 Å². The van der Waals surface area contributed by atoms with Crippen molar-refractivity contribution in [3.8, 4) is 5.75 Å². The van der Waals surface area contributed by atoms with Crippen molar-refractivity contribution >= 4 is 5.91 Å². The topological polar surface area (TPSA) is 38.3 Å². The summed E-state index contributed by atoms with van der Waals surface area (Å²) in [5.41, 5.74) is 0.694. The van der Waals surface area contributed by atoms with E-state index in [0.717, 1.165) is 18.7 Å². The van der Waals surface area contributed by atoms with Crippen LogP contribution in [0.1, 0.15) is 62.7 Å². The van der Waals surface area contributed by atoms with E-state index in [9.17, 15) is 4.79 Å². The third kappa shape index (κ3) is 6.60. The Labute approximate surface area is 122 Å². The number of carbonyl (C=O) groups excluding carboxylic acids is 1. The summed E-state index contributed by atoms with van der Waals surface area (Å²) in [7, 11) is 0. The van der Waals surface area contributed by atoms with Crippen LogP contribution in [0.25, 0.3) is 0 Å². The Morgan fingerprint density at radius 2 is 1.65 bits per heavy atom. The van der Waals surface area contributed by atoms with Crippen LogP contribution < -0.4 is 10.1 Å². The van der Waals surface area contributed by atoms with Crippen molar-refractivity contribution in [2.24, 2.45) is 0 Å². The average molecular weight is 277 g/mol. The molecule has 0 saturated carbocycles. The Morgan fingerprint density at radius 1 is 1.00 bits per heavy atom. The lowest BCUT2D eigenvalue weighted by Gasteiger charge is -2.07. The summed E-state index contributed by atoms with van der Waals surface area (Å²) < 4.78 is 5.35. The van der Waals surface area contributed by atoms with Gasteiger partial charge in [0.2, 0.25) is 0 Å². The van der Waals surface area contributed by atoms with Crippen molar-refractivity contribution < 1.29 is 9.53 Å². The minimum absolute atomic E-state index is 0.00149. The van der Waals surface area contributed by atoms with E-state index in [1.54, 1.807) is 0 Å². The second kappa shape index (κ2) is 10.3. The molecule has 0 saturated heterocycles. The van der Waals surface area contributed by atoms with Crippen LogP contribution >= 0.6 is 0 Å². The van der Waals surface area contributed by atoms with E-state index in [1.807, 2.05) is 31.2 Å². The molecule has 3 heteroatoms. The van der Waals surface area contributed by atoms with Gasteiger partial charge in [0.1, 0.15) is 5.75 Å². The highest BCUT2D eigenvalue weighted by atomic mass is 16.5. The zero-order valence-electron chi connectivity index (χ0n) is 12.8. The number of nitrogens with one attached hydrogen (secondary N) is 1. The van der Waals surface area contributed by atoms with Crippen LogP contribution in [0.3, 0.4) is 0 Å². The lowest BCUT2D eigenvalue weighted by Crippen LogP contribution is -2.24. The van der Waals surface area contributed by atoms with E-state index in [2.05, 4.69) is 12.2 Å². The number of hydrogen-bond donors (Lipinski definition) is 1. The second-order valence-electron chi connectivity index (χ2n) is 4.98. The number of carbonyl (C=O) groups is 1.